The van der Waals surface area contributed by atoms with Crippen LogP contribution < -0.4 is 5.32 Å². The van der Waals surface area contributed by atoms with E-state index in [1.165, 1.54) is 0 Å². The van der Waals surface area contributed by atoms with Gasteiger partial charge in [0, 0.05) is 19.0 Å². The van der Waals surface area contributed by atoms with Crippen molar-refractivity contribution in [1.82, 2.24) is 5.32 Å². The van der Waals surface area contributed by atoms with Gasteiger partial charge in [0.25, 0.3) is 5.91 Å². The van der Waals surface area contributed by atoms with Gasteiger partial charge >= 0.3 is 0 Å². The predicted molar refractivity (Wildman–Crippen MR) is 68.4 cm³/mol. The number of ether oxygens (including phenoxy) is 1. The van der Waals surface area contributed by atoms with Gasteiger partial charge in [-0.05, 0) is 11.6 Å². The first-order chi connectivity index (χ1) is 8.17. The van der Waals surface area contributed by atoms with E-state index in [0.29, 0.717) is 17.8 Å². The largest absolute Gasteiger partial charge is 0.501 e. The number of methoxy groups -OCH3 is 1. The summed E-state index contributed by atoms with van der Waals surface area (Å²) in [5.41, 5.74) is 1.52. The third kappa shape index (κ3) is 4.15. The SMILES string of the molecule is C=C(/C=C(/Cc1ccccc1)OC)C(=O)NC. The van der Waals surface area contributed by atoms with Crippen LogP contribution in [0, 0.1) is 0 Å². The molecule has 0 atom stereocenters. The molecule has 0 fully saturated rings. The van der Waals surface area contributed by atoms with Crippen LogP contribution in [0.4, 0.5) is 0 Å². The zero-order valence-corrected chi connectivity index (χ0v) is 10.2. The smallest absolute Gasteiger partial charge is 0.250 e. The molecule has 0 saturated carbocycles. The third-order valence-electron chi connectivity index (χ3n) is 2.34. The molecule has 1 amide bonds. The fourth-order valence-electron chi connectivity index (χ4n) is 1.40. The second-order valence-electron chi connectivity index (χ2n) is 3.58. The number of amides is 1. The second-order valence-corrected chi connectivity index (χ2v) is 3.58. The molecular formula is C14H17NO2. The summed E-state index contributed by atoms with van der Waals surface area (Å²) < 4.78 is 5.24. The van der Waals surface area contributed by atoms with E-state index in [-0.39, 0.29) is 5.91 Å². The molecule has 0 aliphatic carbocycles. The number of carbonyl (C=O) groups excluding carboxylic acids is 1. The van der Waals surface area contributed by atoms with E-state index >= 15 is 0 Å². The van der Waals surface area contributed by atoms with Crippen LogP contribution in [-0.2, 0) is 16.0 Å². The van der Waals surface area contributed by atoms with Crippen LogP contribution in [0.25, 0.3) is 0 Å². The van der Waals surface area contributed by atoms with Crippen molar-refractivity contribution in [3.05, 3.63) is 59.9 Å². The highest BCUT2D eigenvalue weighted by Crippen LogP contribution is 2.10. The van der Waals surface area contributed by atoms with E-state index in [1.54, 1.807) is 20.2 Å². The van der Waals surface area contributed by atoms with Crippen LogP contribution in [0.15, 0.2) is 54.3 Å². The van der Waals surface area contributed by atoms with Crippen LogP contribution in [0.5, 0.6) is 0 Å². The molecule has 0 radical (unpaired) electrons. The van der Waals surface area contributed by atoms with E-state index in [4.69, 9.17) is 4.74 Å². The van der Waals surface area contributed by atoms with Crippen LogP contribution >= 0.6 is 0 Å². The quantitative estimate of drug-likeness (QED) is 0.478. The molecule has 0 saturated heterocycles. The van der Waals surface area contributed by atoms with Gasteiger partial charge in [-0.3, -0.25) is 4.79 Å². The molecular weight excluding hydrogens is 214 g/mol. The molecule has 0 aromatic heterocycles. The first-order valence-electron chi connectivity index (χ1n) is 5.37. The third-order valence-corrected chi connectivity index (χ3v) is 2.34. The minimum atomic E-state index is -0.201. The predicted octanol–water partition coefficient (Wildman–Crippen LogP) is 2.06. The number of hydrogen-bond acceptors (Lipinski definition) is 2. The van der Waals surface area contributed by atoms with Crippen molar-refractivity contribution < 1.29 is 9.53 Å². The lowest BCUT2D eigenvalue weighted by Gasteiger charge is -2.07. The van der Waals surface area contributed by atoms with Gasteiger partial charge in [-0.2, -0.15) is 0 Å². The second kappa shape index (κ2) is 6.53. The van der Waals surface area contributed by atoms with E-state index in [1.807, 2.05) is 30.3 Å². The van der Waals surface area contributed by atoms with Gasteiger partial charge in [-0.25, -0.2) is 0 Å². The molecule has 0 heterocycles. The van der Waals surface area contributed by atoms with Gasteiger partial charge in [0.15, 0.2) is 0 Å². The Labute approximate surface area is 102 Å². The fourth-order valence-corrected chi connectivity index (χ4v) is 1.40. The minimum Gasteiger partial charge on any atom is -0.501 e. The highest BCUT2D eigenvalue weighted by Gasteiger charge is 2.05. The summed E-state index contributed by atoms with van der Waals surface area (Å²) in [5.74, 6) is 0.511. The molecule has 1 aromatic carbocycles. The van der Waals surface area contributed by atoms with Gasteiger partial charge in [0.2, 0.25) is 0 Å². The Balaban J connectivity index is 2.75. The van der Waals surface area contributed by atoms with Crippen molar-refractivity contribution in [3.63, 3.8) is 0 Å². The zero-order chi connectivity index (χ0) is 12.7. The van der Waals surface area contributed by atoms with E-state index in [0.717, 1.165) is 5.56 Å². The molecule has 0 bridgehead atoms. The molecule has 0 unspecified atom stereocenters. The summed E-state index contributed by atoms with van der Waals surface area (Å²) >= 11 is 0. The molecule has 1 rings (SSSR count). The Bertz CT molecular complexity index is 421. The highest BCUT2D eigenvalue weighted by atomic mass is 16.5. The Morgan fingerprint density at radius 1 is 1.41 bits per heavy atom. The fraction of sp³-hybridized carbons (Fsp3) is 0.214. The number of allylic oxidation sites excluding steroid dienone is 1. The van der Waals surface area contributed by atoms with E-state index < -0.39 is 0 Å². The summed E-state index contributed by atoms with van der Waals surface area (Å²) in [6.45, 7) is 3.69. The summed E-state index contributed by atoms with van der Waals surface area (Å²) in [4.78, 5) is 11.3. The minimum absolute atomic E-state index is 0.201. The molecule has 1 aromatic rings. The summed E-state index contributed by atoms with van der Waals surface area (Å²) in [6.07, 6.45) is 2.30. The molecule has 0 spiro atoms. The monoisotopic (exact) mass is 231 g/mol. The lowest BCUT2D eigenvalue weighted by molar-refractivity contribution is -0.116. The number of likely N-dealkylation sites (N-methyl/N-ethyl adjacent to an activating group) is 1. The van der Waals surface area contributed by atoms with Crippen LogP contribution in [-0.4, -0.2) is 20.1 Å². The summed E-state index contributed by atoms with van der Waals surface area (Å²) in [7, 11) is 3.16. The van der Waals surface area contributed by atoms with Crippen LogP contribution in [0.1, 0.15) is 5.56 Å². The number of benzene rings is 1. The summed E-state index contributed by atoms with van der Waals surface area (Å²) in [5, 5.41) is 2.52. The molecule has 3 nitrogen and oxygen atoms in total. The maximum atomic E-state index is 11.3. The van der Waals surface area contributed by atoms with Gasteiger partial charge in [-0.1, -0.05) is 36.9 Å². The van der Waals surface area contributed by atoms with Crippen molar-refractivity contribution >= 4 is 5.91 Å². The number of hydrogen-bond donors (Lipinski definition) is 1. The van der Waals surface area contributed by atoms with Crippen molar-refractivity contribution in [3.8, 4) is 0 Å². The average molecular weight is 231 g/mol. The van der Waals surface area contributed by atoms with Crippen molar-refractivity contribution in [1.29, 1.82) is 0 Å². The Hall–Kier alpha value is -2.03. The summed E-state index contributed by atoms with van der Waals surface area (Å²) in [6, 6.07) is 9.92. The Morgan fingerprint density at radius 3 is 2.59 bits per heavy atom. The molecule has 17 heavy (non-hydrogen) atoms. The van der Waals surface area contributed by atoms with Gasteiger partial charge in [0.05, 0.1) is 7.11 Å². The first-order valence-corrected chi connectivity index (χ1v) is 5.37. The maximum absolute atomic E-state index is 11.3. The van der Waals surface area contributed by atoms with E-state index in [9.17, 15) is 4.79 Å². The van der Waals surface area contributed by atoms with Gasteiger partial charge in [-0.15, -0.1) is 0 Å². The maximum Gasteiger partial charge on any atom is 0.250 e. The van der Waals surface area contributed by atoms with Crippen LogP contribution in [0.3, 0.4) is 0 Å². The van der Waals surface area contributed by atoms with Crippen LogP contribution in [0.2, 0.25) is 0 Å². The standard InChI is InChI=1S/C14H17NO2/c1-11(14(16)15-2)9-13(17-3)10-12-7-5-4-6-8-12/h4-9H,1,10H2,2-3H3,(H,15,16)/b13-9-. The normalized spacial score (nSPS) is 10.8. The molecule has 0 aliphatic rings. The number of carbonyl (C=O) groups is 1. The molecule has 3 heteroatoms. The zero-order valence-electron chi connectivity index (χ0n) is 10.2. The molecule has 90 valence electrons. The topological polar surface area (TPSA) is 38.3 Å². The van der Waals surface area contributed by atoms with E-state index in [2.05, 4.69) is 11.9 Å². The van der Waals surface area contributed by atoms with Crippen molar-refractivity contribution in [2.75, 3.05) is 14.2 Å². The lowest BCUT2D eigenvalue weighted by atomic mass is 10.1. The highest BCUT2D eigenvalue weighted by molar-refractivity contribution is 5.95. The lowest BCUT2D eigenvalue weighted by Crippen LogP contribution is -2.18. The Morgan fingerprint density at radius 2 is 2.06 bits per heavy atom. The molecule has 0 aliphatic heterocycles. The first kappa shape index (κ1) is 13.0. The average Bonchev–Trinajstić information content (AvgIpc) is 2.38. The number of rotatable bonds is 5. The van der Waals surface area contributed by atoms with Crippen molar-refractivity contribution in [2.45, 2.75) is 6.42 Å². The number of nitrogens with one attached hydrogen (secondary N) is 1. The Kier molecular flexibility index (Phi) is 5.01. The van der Waals surface area contributed by atoms with Crippen molar-refractivity contribution in [2.24, 2.45) is 0 Å². The van der Waals surface area contributed by atoms with Gasteiger partial charge in [0.1, 0.15) is 5.76 Å². The van der Waals surface area contributed by atoms with Gasteiger partial charge < -0.3 is 10.1 Å². The molecule has 1 N–H and O–H groups in total.